The summed E-state index contributed by atoms with van der Waals surface area (Å²) >= 11 is 0. The smallest absolute Gasteiger partial charge is 0.435 e. The number of hydrogen-bond acceptors (Lipinski definition) is 9. The van der Waals surface area contributed by atoms with E-state index >= 15 is 0 Å². The first-order chi connectivity index (χ1) is 20.3. The van der Waals surface area contributed by atoms with Crippen molar-refractivity contribution in [1.82, 2.24) is 34.7 Å². The van der Waals surface area contributed by atoms with Gasteiger partial charge < -0.3 is 10.1 Å². The van der Waals surface area contributed by atoms with E-state index in [-0.39, 0.29) is 0 Å². The SMILES string of the molecule is CC(C)(C)OC(=O)n1ncc2cc(C#Cc3ccnc(-c4ccnc(NCc5cc6ccccc6cn5)n4)n3)ccc21. The number of rotatable bonds is 4. The van der Waals surface area contributed by atoms with Crippen molar-refractivity contribution < 1.29 is 9.53 Å². The van der Waals surface area contributed by atoms with E-state index < -0.39 is 11.7 Å². The zero-order valence-electron chi connectivity index (χ0n) is 23.2. The van der Waals surface area contributed by atoms with Crippen molar-refractivity contribution in [2.75, 3.05) is 5.32 Å². The Labute approximate surface area is 241 Å². The number of fused-ring (bicyclic) bond motifs is 2. The summed E-state index contributed by atoms with van der Waals surface area (Å²) in [6.07, 6.45) is 6.25. The topological polar surface area (TPSA) is 121 Å². The minimum atomic E-state index is -0.615. The third kappa shape index (κ3) is 6.05. The van der Waals surface area contributed by atoms with Crippen molar-refractivity contribution in [2.24, 2.45) is 0 Å². The first-order valence-electron chi connectivity index (χ1n) is 13.3. The van der Waals surface area contributed by atoms with Gasteiger partial charge in [0.1, 0.15) is 17.0 Å². The number of carbonyl (C=O) groups is 1. The minimum Gasteiger partial charge on any atom is -0.442 e. The van der Waals surface area contributed by atoms with E-state index in [1.807, 2.05) is 63.4 Å². The fourth-order valence-corrected chi connectivity index (χ4v) is 4.21. The lowest BCUT2D eigenvalue weighted by Crippen LogP contribution is -2.27. The Morgan fingerprint density at radius 2 is 1.71 bits per heavy atom. The van der Waals surface area contributed by atoms with Crippen LogP contribution in [-0.4, -0.2) is 46.4 Å². The van der Waals surface area contributed by atoms with Crippen LogP contribution < -0.4 is 5.32 Å². The number of hydrogen-bond donors (Lipinski definition) is 1. The maximum Gasteiger partial charge on any atom is 0.435 e. The molecule has 0 amide bonds. The summed E-state index contributed by atoms with van der Waals surface area (Å²) in [5.74, 6) is 7.09. The molecule has 1 N–H and O–H groups in total. The van der Waals surface area contributed by atoms with E-state index in [9.17, 15) is 4.79 Å². The molecule has 4 heterocycles. The Hall–Kier alpha value is -5.69. The minimum absolute atomic E-state index is 0.435. The maximum absolute atomic E-state index is 12.5. The van der Waals surface area contributed by atoms with Gasteiger partial charge in [0, 0.05) is 34.9 Å². The summed E-state index contributed by atoms with van der Waals surface area (Å²) in [6, 6.07) is 19.1. The lowest BCUT2D eigenvalue weighted by atomic mass is 10.1. The Balaban J connectivity index is 1.17. The van der Waals surface area contributed by atoms with Gasteiger partial charge in [-0.05, 0) is 68.5 Å². The summed E-state index contributed by atoms with van der Waals surface area (Å²) in [5, 5.41) is 10.4. The highest BCUT2D eigenvalue weighted by Gasteiger charge is 2.20. The van der Waals surface area contributed by atoms with Crippen molar-refractivity contribution in [1.29, 1.82) is 0 Å². The summed E-state index contributed by atoms with van der Waals surface area (Å²) in [6.45, 7) is 5.92. The first kappa shape index (κ1) is 26.5. The van der Waals surface area contributed by atoms with E-state index in [2.05, 4.69) is 53.2 Å². The number of aromatic nitrogens is 7. The Morgan fingerprint density at radius 3 is 2.57 bits per heavy atom. The molecule has 42 heavy (non-hydrogen) atoms. The Morgan fingerprint density at radius 1 is 0.881 bits per heavy atom. The molecule has 6 rings (SSSR count). The number of nitrogens with zero attached hydrogens (tertiary/aromatic N) is 7. The lowest BCUT2D eigenvalue weighted by molar-refractivity contribution is 0.0522. The second-order valence-corrected chi connectivity index (χ2v) is 10.5. The van der Waals surface area contributed by atoms with Crippen molar-refractivity contribution in [3.63, 3.8) is 0 Å². The summed E-state index contributed by atoms with van der Waals surface area (Å²) in [7, 11) is 0. The molecule has 10 heteroatoms. The van der Waals surface area contributed by atoms with Gasteiger partial charge in [-0.1, -0.05) is 30.2 Å². The van der Waals surface area contributed by atoms with Gasteiger partial charge in [0.2, 0.25) is 5.95 Å². The predicted molar refractivity (Wildman–Crippen MR) is 159 cm³/mol. The lowest BCUT2D eigenvalue weighted by Gasteiger charge is -2.19. The zero-order chi connectivity index (χ0) is 29.1. The fourth-order valence-electron chi connectivity index (χ4n) is 4.21. The zero-order valence-corrected chi connectivity index (χ0v) is 23.2. The molecule has 0 fully saturated rings. The number of ether oxygens (including phenoxy) is 1. The van der Waals surface area contributed by atoms with E-state index in [4.69, 9.17) is 4.74 Å². The van der Waals surface area contributed by atoms with Crippen LogP contribution in [0.1, 0.15) is 37.7 Å². The fraction of sp³-hybridized carbons (Fsp3) is 0.156. The van der Waals surface area contributed by atoms with Crippen LogP contribution in [0.4, 0.5) is 10.7 Å². The van der Waals surface area contributed by atoms with Gasteiger partial charge in [-0.25, -0.2) is 24.7 Å². The quantitative estimate of drug-likeness (QED) is 0.277. The standard InChI is InChI=1S/C32H26N8O2/c1-32(2,3)42-31(41)40-28-11-9-21(16-24(28)19-37-40)8-10-25-12-14-33-29(38-25)27-13-15-34-30(39-27)36-20-26-17-22-6-4-5-7-23(22)18-35-26/h4-7,9,11-19H,20H2,1-3H3,(H,34,36,39). The number of nitrogens with one attached hydrogen (secondary N) is 1. The second kappa shape index (κ2) is 11.1. The van der Waals surface area contributed by atoms with E-state index in [1.54, 1.807) is 36.8 Å². The highest BCUT2D eigenvalue weighted by atomic mass is 16.6. The molecule has 0 spiro atoms. The van der Waals surface area contributed by atoms with Crippen molar-refractivity contribution in [3.05, 3.63) is 102 Å². The molecule has 0 saturated heterocycles. The van der Waals surface area contributed by atoms with Crippen LogP contribution in [0.2, 0.25) is 0 Å². The second-order valence-electron chi connectivity index (χ2n) is 10.5. The van der Waals surface area contributed by atoms with Gasteiger partial charge >= 0.3 is 6.09 Å². The van der Waals surface area contributed by atoms with Crippen LogP contribution in [0.15, 0.2) is 85.5 Å². The molecular formula is C32H26N8O2. The molecule has 0 saturated carbocycles. The van der Waals surface area contributed by atoms with Gasteiger partial charge in [-0.15, -0.1) is 0 Å². The molecule has 0 unspecified atom stereocenters. The van der Waals surface area contributed by atoms with E-state index in [1.165, 1.54) is 4.68 Å². The number of pyridine rings is 1. The number of anilines is 1. The number of benzene rings is 2. The van der Waals surface area contributed by atoms with Crippen molar-refractivity contribution in [2.45, 2.75) is 32.9 Å². The van der Waals surface area contributed by atoms with Crippen LogP contribution in [0.3, 0.4) is 0 Å². The van der Waals surface area contributed by atoms with Gasteiger partial charge in [-0.2, -0.15) is 9.78 Å². The van der Waals surface area contributed by atoms with Crippen LogP contribution in [0, 0.1) is 11.8 Å². The largest absolute Gasteiger partial charge is 0.442 e. The molecule has 0 aliphatic heterocycles. The molecule has 4 aromatic heterocycles. The average molecular weight is 555 g/mol. The molecule has 6 aromatic rings. The monoisotopic (exact) mass is 554 g/mol. The van der Waals surface area contributed by atoms with E-state index in [0.717, 1.165) is 27.4 Å². The van der Waals surface area contributed by atoms with E-state index in [0.29, 0.717) is 35.2 Å². The van der Waals surface area contributed by atoms with Crippen LogP contribution in [0.25, 0.3) is 33.2 Å². The summed E-state index contributed by atoms with van der Waals surface area (Å²) in [5.41, 5.74) is 2.77. The van der Waals surface area contributed by atoms with Gasteiger partial charge in [0.15, 0.2) is 5.82 Å². The number of carbonyl (C=O) groups excluding carboxylic acids is 1. The van der Waals surface area contributed by atoms with Gasteiger partial charge in [0.25, 0.3) is 0 Å². The third-order valence-corrected chi connectivity index (χ3v) is 6.12. The summed E-state index contributed by atoms with van der Waals surface area (Å²) < 4.78 is 6.68. The molecule has 2 aromatic carbocycles. The molecule has 206 valence electrons. The van der Waals surface area contributed by atoms with Gasteiger partial charge in [0.05, 0.1) is 24.0 Å². The van der Waals surface area contributed by atoms with Crippen LogP contribution in [0.5, 0.6) is 0 Å². The van der Waals surface area contributed by atoms with Crippen LogP contribution >= 0.6 is 0 Å². The Kier molecular flexibility index (Phi) is 6.98. The van der Waals surface area contributed by atoms with Gasteiger partial charge in [-0.3, -0.25) is 4.98 Å². The molecule has 0 bridgehead atoms. The highest BCUT2D eigenvalue weighted by Crippen LogP contribution is 2.19. The molecule has 0 atom stereocenters. The average Bonchev–Trinajstić information content (AvgIpc) is 3.42. The first-order valence-corrected chi connectivity index (χ1v) is 13.3. The molecule has 0 radical (unpaired) electrons. The predicted octanol–water partition coefficient (Wildman–Crippen LogP) is 5.63. The normalized spacial score (nSPS) is 11.2. The van der Waals surface area contributed by atoms with Crippen molar-refractivity contribution in [3.8, 4) is 23.4 Å². The van der Waals surface area contributed by atoms with Crippen LogP contribution in [-0.2, 0) is 11.3 Å². The molecular weight excluding hydrogens is 528 g/mol. The molecule has 0 aliphatic carbocycles. The maximum atomic E-state index is 12.5. The third-order valence-electron chi connectivity index (χ3n) is 6.12. The van der Waals surface area contributed by atoms with Crippen molar-refractivity contribution >= 4 is 33.7 Å². The Bertz CT molecular complexity index is 2000. The molecule has 10 nitrogen and oxygen atoms in total. The highest BCUT2D eigenvalue weighted by molar-refractivity contribution is 5.88. The summed E-state index contributed by atoms with van der Waals surface area (Å²) in [4.78, 5) is 34.9. The molecule has 0 aliphatic rings.